The minimum atomic E-state index is -0.0823. The van der Waals surface area contributed by atoms with Crippen molar-refractivity contribution >= 4 is 28.8 Å². The Kier molecular flexibility index (Phi) is 7.45. The van der Waals surface area contributed by atoms with E-state index in [9.17, 15) is 4.79 Å². The summed E-state index contributed by atoms with van der Waals surface area (Å²) in [7, 11) is 3.71. The van der Waals surface area contributed by atoms with Crippen molar-refractivity contribution in [3.8, 4) is 16.3 Å². The topological polar surface area (TPSA) is 45.5 Å². The molecule has 1 amide bonds. The van der Waals surface area contributed by atoms with Crippen LogP contribution in [0.15, 0.2) is 53.9 Å². The fourth-order valence-corrected chi connectivity index (χ4v) is 5.34. The van der Waals surface area contributed by atoms with Gasteiger partial charge in [0.2, 0.25) is 5.69 Å². The van der Waals surface area contributed by atoms with Gasteiger partial charge in [0, 0.05) is 12.1 Å². The average Bonchev–Trinajstić information content (AvgIpc) is 3.19. The van der Waals surface area contributed by atoms with Crippen LogP contribution in [0.5, 0.6) is 5.75 Å². The first-order chi connectivity index (χ1) is 15.5. The summed E-state index contributed by atoms with van der Waals surface area (Å²) in [6.07, 6.45) is 2.17. The number of nitrogens with zero attached hydrogens (tertiary/aromatic N) is 2. The summed E-state index contributed by atoms with van der Waals surface area (Å²) in [5.41, 5.74) is 3.18. The molecule has 168 valence electrons. The third kappa shape index (κ3) is 5.31. The number of thiazole rings is 1. The summed E-state index contributed by atoms with van der Waals surface area (Å²) in [4.78, 5) is 15.0. The SMILES string of the molecule is COc1cc(C(=O)NCC2CCN(Cc3csc(-c4ccccc4)[n+]3C)CC2)ccc1Cl. The Hall–Kier alpha value is -2.41. The molecule has 1 N–H and O–H groups in total. The van der Waals surface area contributed by atoms with Crippen LogP contribution >= 0.6 is 22.9 Å². The summed E-state index contributed by atoms with van der Waals surface area (Å²) < 4.78 is 7.52. The molecule has 0 atom stereocenters. The Morgan fingerprint density at radius 2 is 1.97 bits per heavy atom. The molecule has 0 spiro atoms. The number of rotatable bonds is 7. The van der Waals surface area contributed by atoms with Crippen molar-refractivity contribution in [2.24, 2.45) is 13.0 Å². The minimum Gasteiger partial charge on any atom is -0.495 e. The van der Waals surface area contributed by atoms with E-state index in [-0.39, 0.29) is 5.91 Å². The zero-order valence-electron chi connectivity index (χ0n) is 18.5. The Labute approximate surface area is 198 Å². The number of methoxy groups -OCH3 is 1. The minimum absolute atomic E-state index is 0.0823. The molecule has 2 heterocycles. The number of hydrogen-bond acceptors (Lipinski definition) is 4. The summed E-state index contributed by atoms with van der Waals surface area (Å²) in [6.45, 7) is 3.75. The molecule has 32 heavy (non-hydrogen) atoms. The van der Waals surface area contributed by atoms with Gasteiger partial charge in [0.15, 0.2) is 0 Å². The molecule has 0 saturated carbocycles. The van der Waals surface area contributed by atoms with Crippen molar-refractivity contribution in [3.05, 3.63) is 70.2 Å². The van der Waals surface area contributed by atoms with Gasteiger partial charge in [0.1, 0.15) is 12.8 Å². The normalized spacial score (nSPS) is 15.0. The maximum absolute atomic E-state index is 12.5. The number of carbonyl (C=O) groups is 1. The van der Waals surface area contributed by atoms with Crippen LogP contribution in [0.3, 0.4) is 0 Å². The third-order valence-electron chi connectivity index (χ3n) is 6.12. The number of nitrogens with one attached hydrogen (secondary N) is 1. The molecular formula is C25H29ClN3O2S+. The second kappa shape index (κ2) is 10.5. The zero-order chi connectivity index (χ0) is 22.5. The molecule has 0 aliphatic carbocycles. The van der Waals surface area contributed by atoms with Crippen LogP contribution in [0.2, 0.25) is 5.02 Å². The maximum Gasteiger partial charge on any atom is 0.269 e. The molecule has 0 unspecified atom stereocenters. The highest BCUT2D eigenvalue weighted by atomic mass is 35.5. The summed E-state index contributed by atoms with van der Waals surface area (Å²) in [5, 5.41) is 7.14. The molecule has 1 aromatic heterocycles. The highest BCUT2D eigenvalue weighted by Gasteiger charge is 2.24. The first-order valence-corrected chi connectivity index (χ1v) is 12.2. The summed E-state index contributed by atoms with van der Waals surface area (Å²) >= 11 is 7.85. The van der Waals surface area contributed by atoms with Crippen LogP contribution in [0.4, 0.5) is 0 Å². The summed E-state index contributed by atoms with van der Waals surface area (Å²) in [5.74, 6) is 0.936. The number of piperidine rings is 1. The van der Waals surface area contributed by atoms with Gasteiger partial charge in [-0.25, -0.2) is 0 Å². The lowest BCUT2D eigenvalue weighted by molar-refractivity contribution is -0.664. The molecule has 2 aromatic carbocycles. The van der Waals surface area contributed by atoms with Crippen LogP contribution in [-0.2, 0) is 13.6 Å². The predicted molar refractivity (Wildman–Crippen MR) is 129 cm³/mol. The number of likely N-dealkylation sites (tertiary alicyclic amines) is 1. The molecule has 1 aliphatic heterocycles. The first-order valence-electron chi connectivity index (χ1n) is 10.9. The van der Waals surface area contributed by atoms with Crippen LogP contribution in [-0.4, -0.2) is 37.6 Å². The van der Waals surface area contributed by atoms with Crippen LogP contribution in [0, 0.1) is 5.92 Å². The van der Waals surface area contributed by atoms with Crippen LogP contribution in [0.1, 0.15) is 28.9 Å². The van der Waals surface area contributed by atoms with Gasteiger partial charge < -0.3 is 10.1 Å². The zero-order valence-corrected chi connectivity index (χ0v) is 20.1. The number of ether oxygens (including phenoxy) is 1. The second-order valence-corrected chi connectivity index (χ2v) is 9.50. The van der Waals surface area contributed by atoms with Gasteiger partial charge in [0.25, 0.3) is 10.9 Å². The smallest absolute Gasteiger partial charge is 0.269 e. The third-order valence-corrected chi connectivity index (χ3v) is 7.56. The van der Waals surface area contributed by atoms with Crippen molar-refractivity contribution in [2.75, 3.05) is 26.7 Å². The van der Waals surface area contributed by atoms with Crippen molar-refractivity contribution in [2.45, 2.75) is 19.4 Å². The molecule has 1 fully saturated rings. The fourth-order valence-electron chi connectivity index (χ4n) is 4.12. The first kappa shape index (κ1) is 22.8. The average molecular weight is 471 g/mol. The molecule has 1 aliphatic rings. The number of benzene rings is 2. The lowest BCUT2D eigenvalue weighted by Crippen LogP contribution is -2.41. The molecular weight excluding hydrogens is 442 g/mol. The van der Waals surface area contributed by atoms with Gasteiger partial charge in [-0.1, -0.05) is 41.1 Å². The molecule has 7 heteroatoms. The molecule has 5 nitrogen and oxygen atoms in total. The maximum atomic E-state index is 12.5. The molecule has 4 rings (SSSR count). The number of amides is 1. The fraction of sp³-hybridized carbons (Fsp3) is 0.360. The van der Waals surface area contributed by atoms with E-state index in [1.165, 1.54) is 16.3 Å². The highest BCUT2D eigenvalue weighted by molar-refractivity contribution is 7.12. The monoisotopic (exact) mass is 470 g/mol. The van der Waals surface area contributed by atoms with Gasteiger partial charge in [-0.3, -0.25) is 9.69 Å². The predicted octanol–water partition coefficient (Wildman–Crippen LogP) is 4.54. The van der Waals surface area contributed by atoms with Gasteiger partial charge in [-0.2, -0.15) is 4.57 Å². The van der Waals surface area contributed by atoms with Gasteiger partial charge in [-0.15, -0.1) is 0 Å². The van der Waals surface area contributed by atoms with E-state index in [0.29, 0.717) is 28.8 Å². The van der Waals surface area contributed by atoms with E-state index in [4.69, 9.17) is 16.3 Å². The standard InChI is InChI=1S/C25H28ClN3O2S/c1-28-21(17-32-25(28)19-6-4-3-5-7-19)16-29-12-10-18(11-13-29)15-27-24(30)20-8-9-22(26)23(14-20)31-2/h3-9,14,17-18H,10-13,15-16H2,1-2H3/p+1. The Balaban J connectivity index is 1.26. The summed E-state index contributed by atoms with van der Waals surface area (Å²) in [6, 6.07) is 15.7. The van der Waals surface area contributed by atoms with Crippen LogP contribution < -0.4 is 14.6 Å². The quantitative estimate of drug-likeness (QED) is 0.515. The molecule has 0 bridgehead atoms. The van der Waals surface area contributed by atoms with E-state index in [2.05, 4.69) is 57.5 Å². The number of aromatic nitrogens is 1. The lowest BCUT2D eigenvalue weighted by atomic mass is 9.96. The largest absolute Gasteiger partial charge is 0.495 e. The van der Waals surface area contributed by atoms with Gasteiger partial charge in [-0.05, 0) is 62.2 Å². The lowest BCUT2D eigenvalue weighted by Gasteiger charge is -2.31. The van der Waals surface area contributed by atoms with E-state index in [1.807, 2.05) is 0 Å². The van der Waals surface area contributed by atoms with Crippen molar-refractivity contribution in [1.29, 1.82) is 0 Å². The van der Waals surface area contributed by atoms with E-state index in [0.717, 1.165) is 32.5 Å². The van der Waals surface area contributed by atoms with Crippen LogP contribution in [0.25, 0.3) is 10.6 Å². The number of carbonyl (C=O) groups excluding carboxylic acids is 1. The second-order valence-electron chi connectivity index (χ2n) is 8.24. The molecule has 0 radical (unpaired) electrons. The Morgan fingerprint density at radius 3 is 2.69 bits per heavy atom. The van der Waals surface area contributed by atoms with Crippen molar-refractivity contribution < 1.29 is 14.1 Å². The number of halogens is 1. The van der Waals surface area contributed by atoms with E-state index in [1.54, 1.807) is 36.6 Å². The van der Waals surface area contributed by atoms with E-state index < -0.39 is 0 Å². The molecule has 1 saturated heterocycles. The number of hydrogen-bond donors (Lipinski definition) is 1. The highest BCUT2D eigenvalue weighted by Crippen LogP contribution is 2.26. The van der Waals surface area contributed by atoms with Crippen molar-refractivity contribution in [3.63, 3.8) is 0 Å². The van der Waals surface area contributed by atoms with Gasteiger partial charge >= 0.3 is 0 Å². The van der Waals surface area contributed by atoms with Gasteiger partial charge in [0.05, 0.1) is 29.6 Å². The Morgan fingerprint density at radius 1 is 1.22 bits per heavy atom. The Bertz CT molecular complexity index is 1060. The van der Waals surface area contributed by atoms with E-state index >= 15 is 0 Å². The molecule has 3 aromatic rings. The van der Waals surface area contributed by atoms with Crippen molar-refractivity contribution in [1.82, 2.24) is 10.2 Å².